The fourth-order valence-electron chi connectivity index (χ4n) is 7.77. The van der Waals surface area contributed by atoms with Crippen LogP contribution in [0.4, 0.5) is 18.0 Å². The molecule has 15 nitrogen and oxygen atoms in total. The van der Waals surface area contributed by atoms with Crippen LogP contribution in [0.15, 0.2) is 36.5 Å². The SMILES string of the molecule is COc1cc2ccnc(O[C@@H]3C[C@H]4C(=O)N[C@]5(C(=O)NS(=O)(=O)C6(C)CC6)C[C@H]5/C=C\CC[C@H](C)C[C@@H](C)[C@H](NC(=O)OC(C)(C)C(F)(F)F)C(=O)N4C3)c2cc1OC. The van der Waals surface area contributed by atoms with Gasteiger partial charge in [0.15, 0.2) is 11.5 Å². The third kappa shape index (κ3) is 8.89. The standard InChI is InChI=1S/C40H52F3N5O10S/c1-22-10-8-9-11-25-20-39(25,35(51)47-59(53,54)38(5)13-14-38)46-32(49)28-18-26(57-33-27-19-30(56-7)29(55-6)17-24(27)12-15-44-33)21-48(28)34(50)31(23(2)16-22)45-36(52)58-37(3,4)40(41,42)43/h9,11-12,15,17,19,22-23,25-26,28,31H,8,10,13-14,16,18,20-21H2,1-7H3,(H,45,52)(H,46,49)(H,47,51)/b11-9-/t22-,23+,25+,26+,28-,31-,39+/m0/s1. The lowest BCUT2D eigenvalue weighted by atomic mass is 9.88. The number of alkyl halides is 3. The molecule has 1 aromatic carbocycles. The first kappa shape index (κ1) is 43.8. The molecule has 0 radical (unpaired) electrons. The van der Waals surface area contributed by atoms with Crippen molar-refractivity contribution < 1.29 is 59.7 Å². The number of methoxy groups -OCH3 is 2. The van der Waals surface area contributed by atoms with E-state index in [-0.39, 0.29) is 31.2 Å². The summed E-state index contributed by atoms with van der Waals surface area (Å²) in [5.74, 6) is -2.76. The predicted octanol–water partition coefficient (Wildman–Crippen LogP) is 4.92. The molecule has 19 heteroatoms. The number of halogens is 3. The monoisotopic (exact) mass is 851 g/mol. The van der Waals surface area contributed by atoms with Crippen LogP contribution in [0.5, 0.6) is 17.4 Å². The smallest absolute Gasteiger partial charge is 0.427 e. The van der Waals surface area contributed by atoms with E-state index >= 15 is 0 Å². The number of sulfonamides is 1. The lowest BCUT2D eigenvalue weighted by Gasteiger charge is -2.34. The Morgan fingerprint density at radius 2 is 1.73 bits per heavy atom. The Bertz CT molecular complexity index is 2130. The first-order valence-electron chi connectivity index (χ1n) is 19.6. The zero-order chi connectivity index (χ0) is 43.3. The van der Waals surface area contributed by atoms with Crippen molar-refractivity contribution in [1.82, 2.24) is 25.2 Å². The minimum atomic E-state index is -4.92. The summed E-state index contributed by atoms with van der Waals surface area (Å²) in [6.07, 6.45) is 0.0385. The van der Waals surface area contributed by atoms with Crippen LogP contribution >= 0.6 is 0 Å². The van der Waals surface area contributed by atoms with Gasteiger partial charge >= 0.3 is 12.3 Å². The molecule has 4 aliphatic rings. The molecule has 0 unspecified atom stereocenters. The van der Waals surface area contributed by atoms with Crippen LogP contribution in [0, 0.1) is 17.8 Å². The van der Waals surface area contributed by atoms with Crippen LogP contribution in [-0.4, -0.2) is 103 Å². The summed E-state index contributed by atoms with van der Waals surface area (Å²) in [4.78, 5) is 62.0. The molecule has 59 heavy (non-hydrogen) atoms. The van der Waals surface area contributed by atoms with Crippen molar-refractivity contribution in [2.24, 2.45) is 17.8 Å². The van der Waals surface area contributed by atoms with E-state index in [1.165, 1.54) is 32.2 Å². The van der Waals surface area contributed by atoms with E-state index < -0.39 is 85.9 Å². The zero-order valence-electron chi connectivity index (χ0n) is 34.1. The number of carbonyl (C=O) groups excluding carboxylic acids is 4. The molecule has 2 saturated carbocycles. The third-order valence-electron chi connectivity index (χ3n) is 12.1. The molecule has 4 amide bonds. The molecule has 2 aliphatic carbocycles. The second-order valence-corrected chi connectivity index (χ2v) is 19.2. The van der Waals surface area contributed by atoms with Gasteiger partial charge in [0.2, 0.25) is 33.3 Å². The summed E-state index contributed by atoms with van der Waals surface area (Å²) >= 11 is 0. The van der Waals surface area contributed by atoms with E-state index in [0.717, 1.165) is 0 Å². The molecule has 6 rings (SSSR count). The Kier molecular flexibility index (Phi) is 11.9. The predicted molar refractivity (Wildman–Crippen MR) is 208 cm³/mol. The summed E-state index contributed by atoms with van der Waals surface area (Å²) in [6, 6.07) is 2.33. The molecule has 7 atom stereocenters. The summed E-state index contributed by atoms with van der Waals surface area (Å²) in [5.41, 5.74) is -4.55. The molecule has 3 heterocycles. The molecule has 0 bridgehead atoms. The van der Waals surface area contributed by atoms with Gasteiger partial charge in [-0.05, 0) is 94.7 Å². The van der Waals surface area contributed by atoms with Gasteiger partial charge in [-0.1, -0.05) is 26.0 Å². The number of benzene rings is 1. The van der Waals surface area contributed by atoms with Gasteiger partial charge in [0.25, 0.3) is 5.91 Å². The van der Waals surface area contributed by atoms with E-state index in [2.05, 4.69) is 20.3 Å². The molecule has 1 aromatic heterocycles. The molecular weight excluding hydrogens is 800 g/mol. The highest BCUT2D eigenvalue weighted by atomic mass is 32.2. The molecule has 3 N–H and O–H groups in total. The van der Waals surface area contributed by atoms with E-state index in [4.69, 9.17) is 18.9 Å². The van der Waals surface area contributed by atoms with Gasteiger partial charge in [-0.15, -0.1) is 0 Å². The van der Waals surface area contributed by atoms with Crippen molar-refractivity contribution in [3.63, 3.8) is 0 Å². The largest absolute Gasteiger partial charge is 0.493 e. The van der Waals surface area contributed by atoms with Crippen molar-refractivity contribution in [2.45, 2.75) is 120 Å². The van der Waals surface area contributed by atoms with Crippen LogP contribution < -0.4 is 29.6 Å². The maximum Gasteiger partial charge on any atom is 0.427 e. The minimum Gasteiger partial charge on any atom is -0.493 e. The number of hydrogen-bond donors (Lipinski definition) is 3. The number of nitrogens with one attached hydrogen (secondary N) is 3. The van der Waals surface area contributed by atoms with Crippen molar-refractivity contribution >= 4 is 44.6 Å². The van der Waals surface area contributed by atoms with Gasteiger partial charge in [-0.25, -0.2) is 18.2 Å². The second-order valence-electron chi connectivity index (χ2n) is 17.0. The van der Waals surface area contributed by atoms with Crippen molar-refractivity contribution in [3.05, 3.63) is 36.5 Å². The number of aromatic nitrogens is 1. The quantitative estimate of drug-likeness (QED) is 0.290. The highest BCUT2D eigenvalue weighted by Crippen LogP contribution is 2.48. The highest BCUT2D eigenvalue weighted by molar-refractivity contribution is 7.91. The molecular formula is C40H52F3N5O10S. The van der Waals surface area contributed by atoms with Crippen LogP contribution in [0.25, 0.3) is 10.8 Å². The van der Waals surface area contributed by atoms with Gasteiger partial charge in [-0.3, -0.25) is 19.1 Å². The average molecular weight is 852 g/mol. The topological polar surface area (TPSA) is 192 Å². The number of alkyl carbamates (subject to hydrolysis) is 1. The normalized spacial score (nSPS) is 29.1. The minimum absolute atomic E-state index is 0.0468. The number of amides is 4. The lowest BCUT2D eigenvalue weighted by Crippen LogP contribution is -2.59. The van der Waals surface area contributed by atoms with Crippen molar-refractivity contribution in [3.8, 4) is 17.4 Å². The Balaban J connectivity index is 1.36. The second kappa shape index (κ2) is 16.0. The van der Waals surface area contributed by atoms with Crippen LogP contribution in [-0.2, 0) is 29.1 Å². The molecule has 2 aliphatic heterocycles. The van der Waals surface area contributed by atoms with Crippen molar-refractivity contribution in [2.75, 3.05) is 20.8 Å². The molecule has 1 saturated heterocycles. The Morgan fingerprint density at radius 3 is 2.37 bits per heavy atom. The van der Waals surface area contributed by atoms with E-state index in [0.29, 0.717) is 68.2 Å². The van der Waals surface area contributed by atoms with Gasteiger partial charge in [0.1, 0.15) is 23.7 Å². The maximum atomic E-state index is 14.8. The first-order chi connectivity index (χ1) is 27.5. The van der Waals surface area contributed by atoms with E-state index in [1.807, 2.05) is 13.0 Å². The molecule has 324 valence electrons. The number of allylic oxidation sites excluding steroid dienone is 1. The summed E-state index contributed by atoms with van der Waals surface area (Å²) in [6.45, 7) is 6.29. The van der Waals surface area contributed by atoms with Gasteiger partial charge in [0, 0.05) is 23.9 Å². The summed E-state index contributed by atoms with van der Waals surface area (Å²) in [5, 5.41) is 6.37. The third-order valence-corrected chi connectivity index (χ3v) is 14.2. The molecule has 3 fully saturated rings. The summed E-state index contributed by atoms with van der Waals surface area (Å²) in [7, 11) is -1.13. The summed E-state index contributed by atoms with van der Waals surface area (Å²) < 4.78 is 90.9. The number of fused-ring (bicyclic) bond motifs is 3. The van der Waals surface area contributed by atoms with Gasteiger partial charge in [-0.2, -0.15) is 13.2 Å². The van der Waals surface area contributed by atoms with Crippen LogP contribution in [0.2, 0.25) is 0 Å². The number of rotatable bonds is 9. The Hall–Kier alpha value is -4.81. The van der Waals surface area contributed by atoms with E-state index in [9.17, 15) is 40.8 Å². The number of ether oxygens (including phenoxy) is 4. The van der Waals surface area contributed by atoms with Crippen LogP contribution in [0.3, 0.4) is 0 Å². The fraction of sp³-hybridized carbons (Fsp3) is 0.625. The van der Waals surface area contributed by atoms with Crippen LogP contribution in [0.1, 0.15) is 79.6 Å². The number of carbonyl (C=O) groups is 4. The first-order valence-corrected chi connectivity index (χ1v) is 21.1. The Labute approximate surface area is 341 Å². The average Bonchev–Trinajstić information content (AvgIpc) is 4.04. The number of nitrogens with zero attached hydrogens (tertiary/aromatic N) is 2. The van der Waals surface area contributed by atoms with Gasteiger partial charge in [0.05, 0.1) is 25.5 Å². The molecule has 2 aromatic rings. The fourth-order valence-corrected chi connectivity index (χ4v) is 9.08. The van der Waals surface area contributed by atoms with Crippen molar-refractivity contribution in [1.29, 1.82) is 0 Å². The molecule has 0 spiro atoms. The number of pyridine rings is 1. The number of hydrogen-bond acceptors (Lipinski definition) is 11. The lowest BCUT2D eigenvalue weighted by molar-refractivity contribution is -0.244. The van der Waals surface area contributed by atoms with E-state index in [1.54, 1.807) is 31.2 Å². The highest BCUT2D eigenvalue weighted by Gasteiger charge is 2.63. The zero-order valence-corrected chi connectivity index (χ0v) is 34.9. The van der Waals surface area contributed by atoms with Gasteiger partial charge < -0.3 is 34.5 Å². The maximum absolute atomic E-state index is 14.8. The Morgan fingerprint density at radius 1 is 1.05 bits per heavy atom.